The molecule has 220 valence electrons. The smallest absolute Gasteiger partial charge is 0.407 e. The molecule has 4 N–H and O–H groups in total. The maximum Gasteiger partial charge on any atom is 0.407 e. The summed E-state index contributed by atoms with van der Waals surface area (Å²) in [5.74, 6) is 2.46. The highest BCUT2D eigenvalue weighted by atomic mass is 16.5. The molecule has 0 saturated carbocycles. The molecule has 0 aliphatic carbocycles. The van der Waals surface area contributed by atoms with Gasteiger partial charge in [-0.25, -0.2) is 19.3 Å². The van der Waals surface area contributed by atoms with Crippen LogP contribution in [-0.2, 0) is 6.54 Å². The highest BCUT2D eigenvalue weighted by molar-refractivity contribution is 5.94. The number of carboxylic acid groups (broad SMARTS) is 1. The van der Waals surface area contributed by atoms with Crippen LogP contribution in [0.5, 0.6) is 17.2 Å². The molecule has 1 fully saturated rings. The van der Waals surface area contributed by atoms with Crippen molar-refractivity contribution < 1.29 is 24.2 Å². The minimum Gasteiger partial charge on any atom is -0.497 e. The number of nitrogens with zero attached hydrogens (tertiary/aromatic N) is 4. The lowest BCUT2D eigenvalue weighted by atomic mass is 10.1. The third-order valence-electron chi connectivity index (χ3n) is 6.88. The van der Waals surface area contributed by atoms with E-state index in [4.69, 9.17) is 14.6 Å². The zero-order valence-corrected chi connectivity index (χ0v) is 23.8. The Balaban J connectivity index is 1.44. The lowest BCUT2D eigenvalue weighted by molar-refractivity contribution is 0.133. The molecule has 3 heterocycles. The number of carbonyl (C=O) groups is 2. The molecule has 1 aliphatic rings. The van der Waals surface area contributed by atoms with Gasteiger partial charge in [0.2, 0.25) is 0 Å². The van der Waals surface area contributed by atoms with E-state index >= 15 is 0 Å². The average molecular weight is 574 g/mol. The predicted molar refractivity (Wildman–Crippen MR) is 160 cm³/mol. The number of hydrogen-bond donors (Lipinski definition) is 4. The molecule has 1 atom stereocenters. The molecule has 4 aromatic rings. The normalized spacial score (nSPS) is 15.0. The summed E-state index contributed by atoms with van der Waals surface area (Å²) in [6, 6.07) is 16.2. The Morgan fingerprint density at radius 2 is 1.81 bits per heavy atom. The van der Waals surface area contributed by atoms with Crippen molar-refractivity contribution in [1.29, 1.82) is 0 Å². The molecule has 12 nitrogen and oxygen atoms in total. The number of urea groups is 1. The number of methoxy groups -OCH3 is 1. The number of benzene rings is 2. The largest absolute Gasteiger partial charge is 0.497 e. The van der Waals surface area contributed by atoms with Crippen LogP contribution in [0.3, 0.4) is 0 Å². The third-order valence-corrected chi connectivity index (χ3v) is 6.88. The Labute approximate surface area is 243 Å². The summed E-state index contributed by atoms with van der Waals surface area (Å²) in [5, 5.41) is 24.2. The van der Waals surface area contributed by atoms with Gasteiger partial charge in [-0.15, -0.1) is 0 Å². The Bertz CT molecular complexity index is 1540. The summed E-state index contributed by atoms with van der Waals surface area (Å²) in [4.78, 5) is 29.7. The Hall–Kier alpha value is -5.00. The number of piperidine rings is 1. The maximum atomic E-state index is 12.1. The van der Waals surface area contributed by atoms with Crippen LogP contribution >= 0.6 is 0 Å². The molecule has 12 heteroatoms. The summed E-state index contributed by atoms with van der Waals surface area (Å²) in [6.45, 7) is 5.12. The van der Waals surface area contributed by atoms with Crippen molar-refractivity contribution in [3.05, 3.63) is 66.4 Å². The van der Waals surface area contributed by atoms with E-state index in [0.717, 1.165) is 24.2 Å². The van der Waals surface area contributed by atoms with Crippen LogP contribution in [0.4, 0.5) is 21.1 Å². The minimum absolute atomic E-state index is 0.0240. The van der Waals surface area contributed by atoms with Crippen molar-refractivity contribution in [1.82, 2.24) is 25.0 Å². The van der Waals surface area contributed by atoms with Gasteiger partial charge >= 0.3 is 12.1 Å². The molecule has 0 bridgehead atoms. The van der Waals surface area contributed by atoms with Crippen molar-refractivity contribution in [3.63, 3.8) is 0 Å². The van der Waals surface area contributed by atoms with Gasteiger partial charge in [-0.2, -0.15) is 5.10 Å². The first-order valence-corrected chi connectivity index (χ1v) is 13.9. The fourth-order valence-electron chi connectivity index (χ4n) is 4.89. The summed E-state index contributed by atoms with van der Waals surface area (Å²) < 4.78 is 13.4. The van der Waals surface area contributed by atoms with E-state index in [9.17, 15) is 14.7 Å². The number of anilines is 2. The number of rotatable bonds is 9. The van der Waals surface area contributed by atoms with E-state index in [2.05, 4.69) is 20.9 Å². The highest BCUT2D eigenvalue weighted by Crippen LogP contribution is 2.35. The molecular formula is C30H35N7O5. The Morgan fingerprint density at radius 3 is 2.50 bits per heavy atom. The summed E-state index contributed by atoms with van der Waals surface area (Å²) in [6.07, 6.45) is 2.31. The zero-order chi connectivity index (χ0) is 29.6. The Kier molecular flexibility index (Phi) is 8.60. The van der Waals surface area contributed by atoms with Crippen LogP contribution < -0.4 is 25.4 Å². The topological polar surface area (TPSA) is 143 Å². The number of carbonyl (C=O) groups excluding carboxylic acids is 1. The van der Waals surface area contributed by atoms with Gasteiger partial charge in [0.1, 0.15) is 22.6 Å². The van der Waals surface area contributed by atoms with E-state index in [-0.39, 0.29) is 18.1 Å². The maximum absolute atomic E-state index is 12.1. The summed E-state index contributed by atoms with van der Waals surface area (Å²) >= 11 is 0. The van der Waals surface area contributed by atoms with Crippen molar-refractivity contribution in [2.75, 3.05) is 30.8 Å². The van der Waals surface area contributed by atoms with E-state index < -0.39 is 6.09 Å². The molecule has 42 heavy (non-hydrogen) atoms. The first-order valence-electron chi connectivity index (χ1n) is 13.9. The van der Waals surface area contributed by atoms with Gasteiger partial charge in [0, 0.05) is 43.1 Å². The van der Waals surface area contributed by atoms with E-state index in [1.165, 1.54) is 4.90 Å². The van der Waals surface area contributed by atoms with E-state index in [1.54, 1.807) is 43.6 Å². The average Bonchev–Trinajstić information content (AvgIpc) is 3.31. The van der Waals surface area contributed by atoms with Crippen LogP contribution in [0.1, 0.15) is 32.3 Å². The van der Waals surface area contributed by atoms with Gasteiger partial charge in [-0.3, -0.25) is 0 Å². The molecule has 2 aromatic heterocycles. The minimum atomic E-state index is -0.929. The fourth-order valence-corrected chi connectivity index (χ4v) is 4.89. The lowest BCUT2D eigenvalue weighted by Crippen LogP contribution is -2.44. The number of amides is 3. The second kappa shape index (κ2) is 12.7. The van der Waals surface area contributed by atoms with Gasteiger partial charge < -0.3 is 35.4 Å². The van der Waals surface area contributed by atoms with Gasteiger partial charge in [0.05, 0.1) is 13.7 Å². The second-order valence-electron chi connectivity index (χ2n) is 10.5. The quantitative estimate of drug-likeness (QED) is 0.209. The van der Waals surface area contributed by atoms with E-state index in [1.807, 2.05) is 42.8 Å². The first kappa shape index (κ1) is 28.5. The van der Waals surface area contributed by atoms with Gasteiger partial charge in [-0.05, 0) is 68.7 Å². The zero-order valence-electron chi connectivity index (χ0n) is 23.8. The van der Waals surface area contributed by atoms with Crippen LogP contribution in [-0.4, -0.2) is 69.2 Å². The highest BCUT2D eigenvalue weighted by Gasteiger charge is 2.26. The monoisotopic (exact) mass is 573 g/mol. The van der Waals surface area contributed by atoms with Crippen molar-refractivity contribution in [2.24, 2.45) is 0 Å². The molecule has 5 rings (SSSR count). The van der Waals surface area contributed by atoms with E-state index in [0.29, 0.717) is 53.7 Å². The van der Waals surface area contributed by atoms with Crippen molar-refractivity contribution >= 4 is 34.7 Å². The second-order valence-corrected chi connectivity index (χ2v) is 10.5. The van der Waals surface area contributed by atoms with Crippen molar-refractivity contribution in [2.45, 2.75) is 45.3 Å². The summed E-state index contributed by atoms with van der Waals surface area (Å²) in [5.41, 5.74) is 2.27. The van der Waals surface area contributed by atoms with Crippen molar-refractivity contribution in [3.8, 4) is 17.2 Å². The van der Waals surface area contributed by atoms with Crippen LogP contribution in [0.15, 0.2) is 60.8 Å². The number of nitrogens with one attached hydrogen (secondary N) is 3. The summed E-state index contributed by atoms with van der Waals surface area (Å²) in [7, 11) is 1.63. The molecule has 1 saturated heterocycles. The van der Waals surface area contributed by atoms with Crippen LogP contribution in [0.25, 0.3) is 11.0 Å². The lowest BCUT2D eigenvalue weighted by Gasteiger charge is -2.31. The molecule has 2 aromatic carbocycles. The molecule has 0 unspecified atom stereocenters. The predicted octanol–water partition coefficient (Wildman–Crippen LogP) is 5.36. The first-order chi connectivity index (χ1) is 20.3. The Morgan fingerprint density at radius 1 is 1.07 bits per heavy atom. The molecule has 0 spiro atoms. The van der Waals surface area contributed by atoms with Crippen LogP contribution in [0, 0.1) is 0 Å². The van der Waals surface area contributed by atoms with Gasteiger partial charge in [0.15, 0.2) is 11.5 Å². The number of fused-ring (bicyclic) bond motifs is 1. The number of hydrogen-bond acceptors (Lipinski definition) is 7. The van der Waals surface area contributed by atoms with Gasteiger partial charge in [-0.1, -0.05) is 12.1 Å². The molecular weight excluding hydrogens is 538 g/mol. The molecule has 0 radical (unpaired) electrons. The SMILES string of the molecule is COc1ccc(Cn2nc(N[C@@H]3CCCN(C(=O)O)C3)c3c(Oc4ccc(NC(=O)NC(C)C)cc4)ccnc32)cc1. The van der Waals surface area contributed by atoms with Gasteiger partial charge in [0.25, 0.3) is 0 Å². The fraction of sp³-hybridized carbons (Fsp3) is 0.333. The molecule has 1 aliphatic heterocycles. The number of likely N-dealkylation sites (tertiary alicyclic amines) is 1. The standard InChI is InChI=1S/C30H35N7O5/c1-19(2)32-29(38)34-21-8-12-24(13-9-21)42-25-14-15-31-28-26(25)27(33-22-5-4-16-36(18-22)30(39)40)35-37(28)17-20-6-10-23(41-3)11-7-20/h6-15,19,22H,4-5,16-18H2,1-3H3,(H,33,35)(H,39,40)(H2,32,34,38)/t22-/m1/s1. The number of ether oxygens (including phenoxy) is 2. The third kappa shape index (κ3) is 6.82. The number of pyridine rings is 1. The number of aromatic nitrogens is 3. The molecule has 3 amide bonds. The van der Waals surface area contributed by atoms with Crippen LogP contribution in [0.2, 0.25) is 0 Å².